The van der Waals surface area contributed by atoms with Crippen molar-refractivity contribution in [1.29, 1.82) is 0 Å². The van der Waals surface area contributed by atoms with Gasteiger partial charge in [-0.2, -0.15) is 0 Å². The highest BCUT2D eigenvalue weighted by molar-refractivity contribution is 5.89. The second kappa shape index (κ2) is 6.98. The molecule has 0 bridgehead atoms. The molecule has 1 aromatic rings. The summed E-state index contributed by atoms with van der Waals surface area (Å²) in [5.41, 5.74) is 0.839. The van der Waals surface area contributed by atoms with Crippen molar-refractivity contribution in [3.63, 3.8) is 0 Å². The van der Waals surface area contributed by atoms with Crippen molar-refractivity contribution in [3.8, 4) is 0 Å². The van der Waals surface area contributed by atoms with E-state index in [9.17, 15) is 9.18 Å². The van der Waals surface area contributed by atoms with Gasteiger partial charge in [0.2, 0.25) is 0 Å². The van der Waals surface area contributed by atoms with E-state index < -0.39 is 5.97 Å². The summed E-state index contributed by atoms with van der Waals surface area (Å²) in [6.07, 6.45) is 0. The van der Waals surface area contributed by atoms with Gasteiger partial charge in [0.1, 0.15) is 5.82 Å². The Labute approximate surface area is 90.1 Å². The van der Waals surface area contributed by atoms with Gasteiger partial charge in [-0.25, -0.2) is 9.18 Å². The summed E-state index contributed by atoms with van der Waals surface area (Å²) in [7, 11) is 0. The van der Waals surface area contributed by atoms with Gasteiger partial charge < -0.3 is 4.74 Å². The number of aryl methyl sites for hydroxylation is 1. The summed E-state index contributed by atoms with van der Waals surface area (Å²) in [6, 6.07) is 4.16. The number of esters is 1. The molecule has 0 aromatic heterocycles. The van der Waals surface area contributed by atoms with Gasteiger partial charge in [-0.05, 0) is 37.6 Å². The van der Waals surface area contributed by atoms with Crippen molar-refractivity contribution in [1.82, 2.24) is 0 Å². The normalized spacial score (nSPS) is 8.87. The maximum atomic E-state index is 12.8. The molecule has 0 atom stereocenters. The number of halogens is 1. The van der Waals surface area contributed by atoms with Crippen LogP contribution in [-0.2, 0) is 4.74 Å². The van der Waals surface area contributed by atoms with Crippen LogP contribution in [0.3, 0.4) is 0 Å². The molecule has 0 radical (unpaired) electrons. The van der Waals surface area contributed by atoms with Crippen molar-refractivity contribution in [2.45, 2.75) is 27.7 Å². The maximum Gasteiger partial charge on any atom is 0.338 e. The second-order valence-electron chi connectivity index (χ2n) is 2.68. The summed E-state index contributed by atoms with van der Waals surface area (Å²) >= 11 is 0. The average molecular weight is 212 g/mol. The lowest BCUT2D eigenvalue weighted by Crippen LogP contribution is -2.05. The third-order valence-corrected chi connectivity index (χ3v) is 1.67. The first-order chi connectivity index (χ1) is 7.15. The van der Waals surface area contributed by atoms with Crippen LogP contribution in [-0.4, -0.2) is 12.6 Å². The Bertz CT molecular complexity index is 321. The molecule has 0 unspecified atom stereocenters. The molecule has 0 spiro atoms. The predicted octanol–water partition coefficient (Wildman–Crippen LogP) is 3.34. The first-order valence-electron chi connectivity index (χ1n) is 5.08. The fraction of sp³-hybridized carbons (Fsp3) is 0.417. The van der Waals surface area contributed by atoms with E-state index in [-0.39, 0.29) is 5.82 Å². The van der Waals surface area contributed by atoms with E-state index in [4.69, 9.17) is 4.74 Å². The van der Waals surface area contributed by atoms with Crippen LogP contribution in [0.5, 0.6) is 0 Å². The molecule has 3 heteroatoms. The number of benzene rings is 1. The molecule has 2 nitrogen and oxygen atoms in total. The molecule has 84 valence electrons. The van der Waals surface area contributed by atoms with Crippen molar-refractivity contribution >= 4 is 5.97 Å². The van der Waals surface area contributed by atoms with E-state index in [1.807, 2.05) is 13.8 Å². The van der Waals surface area contributed by atoms with Crippen LogP contribution in [0.4, 0.5) is 4.39 Å². The Hall–Kier alpha value is -1.38. The fourth-order valence-corrected chi connectivity index (χ4v) is 0.986. The second-order valence-corrected chi connectivity index (χ2v) is 2.68. The zero-order valence-electron chi connectivity index (χ0n) is 9.63. The minimum absolute atomic E-state index is 0.312. The van der Waals surface area contributed by atoms with E-state index in [0.717, 1.165) is 0 Å². The highest BCUT2D eigenvalue weighted by Crippen LogP contribution is 2.09. The number of carbonyl (C=O) groups is 1. The van der Waals surface area contributed by atoms with Gasteiger partial charge >= 0.3 is 5.97 Å². The number of carbonyl (C=O) groups excluding carboxylic acids is 1. The van der Waals surface area contributed by atoms with Crippen molar-refractivity contribution < 1.29 is 13.9 Å². The van der Waals surface area contributed by atoms with Crippen molar-refractivity contribution in [3.05, 3.63) is 35.1 Å². The third-order valence-electron chi connectivity index (χ3n) is 1.67. The summed E-state index contributed by atoms with van der Waals surface area (Å²) < 4.78 is 17.6. The van der Waals surface area contributed by atoms with Crippen LogP contribution >= 0.6 is 0 Å². The monoisotopic (exact) mass is 212 g/mol. The lowest BCUT2D eigenvalue weighted by molar-refractivity contribution is 0.0526. The highest BCUT2D eigenvalue weighted by Gasteiger charge is 2.07. The number of rotatable bonds is 2. The van der Waals surface area contributed by atoms with Crippen LogP contribution in [0.25, 0.3) is 0 Å². The highest BCUT2D eigenvalue weighted by atomic mass is 19.1. The number of hydrogen-bond acceptors (Lipinski definition) is 2. The predicted molar refractivity (Wildman–Crippen MR) is 58.4 cm³/mol. The molecule has 0 amide bonds. The average Bonchev–Trinajstić information content (AvgIpc) is 2.25. The minimum Gasteiger partial charge on any atom is -0.462 e. The molecule has 0 fully saturated rings. The Kier molecular flexibility index (Phi) is 6.34. The molecule has 0 saturated carbocycles. The smallest absolute Gasteiger partial charge is 0.338 e. The molecule has 1 rings (SSSR count). The topological polar surface area (TPSA) is 26.3 Å². The quantitative estimate of drug-likeness (QED) is 0.703. The van der Waals surface area contributed by atoms with Crippen molar-refractivity contribution in [2.75, 3.05) is 6.61 Å². The fourth-order valence-electron chi connectivity index (χ4n) is 0.986. The number of ether oxygens (including phenoxy) is 1. The molecule has 0 aliphatic heterocycles. The lowest BCUT2D eigenvalue weighted by atomic mass is 10.1. The van der Waals surface area contributed by atoms with Gasteiger partial charge in [0.05, 0.1) is 12.2 Å². The third kappa shape index (κ3) is 4.11. The lowest BCUT2D eigenvalue weighted by Gasteiger charge is -2.02. The van der Waals surface area contributed by atoms with E-state index in [1.165, 1.54) is 18.2 Å². The van der Waals surface area contributed by atoms with Crippen LogP contribution in [0, 0.1) is 12.7 Å². The van der Waals surface area contributed by atoms with Gasteiger partial charge in [0, 0.05) is 0 Å². The van der Waals surface area contributed by atoms with Crippen LogP contribution in [0.15, 0.2) is 18.2 Å². The summed E-state index contributed by atoms with van der Waals surface area (Å²) in [5.74, 6) is -0.723. The minimum atomic E-state index is -0.411. The Morgan fingerprint density at radius 3 is 2.47 bits per heavy atom. The molecule has 0 heterocycles. The standard InChI is InChI=1S/C10H11FO2.C2H6/c1-3-13-10(12)8-4-5-9(11)7(2)6-8;1-2/h4-6H,3H2,1-2H3;1-2H3. The molecule has 0 saturated heterocycles. The Balaban J connectivity index is 0.000000921. The van der Waals surface area contributed by atoms with Crippen LogP contribution < -0.4 is 0 Å². The van der Waals surface area contributed by atoms with Gasteiger partial charge in [0.25, 0.3) is 0 Å². The van der Waals surface area contributed by atoms with Gasteiger partial charge in [-0.15, -0.1) is 0 Å². The van der Waals surface area contributed by atoms with Gasteiger partial charge in [-0.1, -0.05) is 13.8 Å². The zero-order valence-corrected chi connectivity index (χ0v) is 9.63. The molecule has 0 N–H and O–H groups in total. The molecule has 0 aliphatic rings. The van der Waals surface area contributed by atoms with E-state index >= 15 is 0 Å². The van der Waals surface area contributed by atoms with E-state index in [2.05, 4.69) is 0 Å². The molecule has 15 heavy (non-hydrogen) atoms. The zero-order chi connectivity index (χ0) is 11.8. The maximum absolute atomic E-state index is 12.8. The Morgan fingerprint density at radius 1 is 1.40 bits per heavy atom. The summed E-state index contributed by atoms with van der Waals surface area (Å²) in [6.45, 7) is 7.67. The first kappa shape index (κ1) is 13.6. The molecule has 0 aliphatic carbocycles. The van der Waals surface area contributed by atoms with Gasteiger partial charge in [-0.3, -0.25) is 0 Å². The Morgan fingerprint density at radius 2 is 2.00 bits per heavy atom. The molecular weight excluding hydrogens is 195 g/mol. The first-order valence-corrected chi connectivity index (χ1v) is 5.08. The largest absolute Gasteiger partial charge is 0.462 e. The SMILES string of the molecule is CC.CCOC(=O)c1ccc(F)c(C)c1. The van der Waals surface area contributed by atoms with Gasteiger partial charge in [0.15, 0.2) is 0 Å². The van der Waals surface area contributed by atoms with E-state index in [1.54, 1.807) is 13.8 Å². The summed E-state index contributed by atoms with van der Waals surface area (Å²) in [4.78, 5) is 11.2. The van der Waals surface area contributed by atoms with E-state index in [0.29, 0.717) is 17.7 Å². The van der Waals surface area contributed by atoms with Crippen LogP contribution in [0.2, 0.25) is 0 Å². The molecular formula is C12H17FO2. The summed E-state index contributed by atoms with van der Waals surface area (Å²) in [5, 5.41) is 0. The van der Waals surface area contributed by atoms with Crippen molar-refractivity contribution in [2.24, 2.45) is 0 Å². The number of hydrogen-bond donors (Lipinski definition) is 0. The molecule has 1 aromatic carbocycles. The van der Waals surface area contributed by atoms with Crippen LogP contribution in [0.1, 0.15) is 36.7 Å².